The maximum absolute atomic E-state index is 11.8. The highest BCUT2D eigenvalue weighted by Crippen LogP contribution is 2.47. The minimum absolute atomic E-state index is 0.0366. The van der Waals surface area contributed by atoms with Crippen LogP contribution < -0.4 is 10.2 Å². The van der Waals surface area contributed by atoms with Gasteiger partial charge >= 0.3 is 5.97 Å². The van der Waals surface area contributed by atoms with Crippen LogP contribution in [0.25, 0.3) is 0 Å². The smallest absolute Gasteiger partial charge is 0.309 e. The van der Waals surface area contributed by atoms with E-state index in [2.05, 4.69) is 19.2 Å². The van der Waals surface area contributed by atoms with Gasteiger partial charge in [-0.25, -0.2) is 0 Å². The molecule has 3 rings (SSSR count). The molecule has 0 saturated carbocycles. The van der Waals surface area contributed by atoms with Crippen molar-refractivity contribution in [3.05, 3.63) is 24.3 Å². The Morgan fingerprint density at radius 3 is 2.25 bits per heavy atom. The van der Waals surface area contributed by atoms with E-state index in [0.29, 0.717) is 12.1 Å². The highest BCUT2D eigenvalue weighted by Gasteiger charge is 2.54. The number of nitrogens with zero attached hydrogens (tertiary/aromatic N) is 1. The first-order valence-electron chi connectivity index (χ1n) is 7.35. The quantitative estimate of drug-likeness (QED) is 0.512. The van der Waals surface area contributed by atoms with E-state index in [9.17, 15) is 4.79 Å². The molecular weight excluding hydrogens is 252 g/mol. The van der Waals surface area contributed by atoms with Crippen LogP contribution in [0.15, 0.2) is 24.3 Å². The van der Waals surface area contributed by atoms with E-state index in [0.717, 1.165) is 23.0 Å². The lowest BCUT2D eigenvalue weighted by molar-refractivity contribution is -0.147. The highest BCUT2D eigenvalue weighted by atomic mass is 16.5. The van der Waals surface area contributed by atoms with Crippen LogP contribution >= 0.6 is 0 Å². The number of rotatable bonds is 2. The van der Waals surface area contributed by atoms with Gasteiger partial charge in [-0.1, -0.05) is 0 Å². The molecule has 0 radical (unpaired) electrons. The van der Waals surface area contributed by atoms with Crippen LogP contribution in [0.4, 0.5) is 11.4 Å². The Morgan fingerprint density at radius 1 is 1.20 bits per heavy atom. The Kier molecular flexibility index (Phi) is 3.21. The number of hydrogen-bond donors (Lipinski definition) is 1. The molecule has 0 aromatic heterocycles. The van der Waals surface area contributed by atoms with Crippen molar-refractivity contribution in [3.8, 4) is 0 Å². The number of carbonyl (C=O) groups excluding carboxylic acids is 1. The van der Waals surface area contributed by atoms with Crippen molar-refractivity contribution in [1.82, 2.24) is 4.48 Å². The molecule has 2 fully saturated rings. The van der Waals surface area contributed by atoms with Crippen molar-refractivity contribution >= 4 is 17.3 Å². The van der Waals surface area contributed by atoms with E-state index in [-0.39, 0.29) is 11.9 Å². The van der Waals surface area contributed by atoms with Crippen molar-refractivity contribution in [2.45, 2.75) is 37.8 Å². The Bertz CT molecular complexity index is 498. The van der Waals surface area contributed by atoms with E-state index in [1.807, 2.05) is 12.1 Å². The number of esters is 1. The number of carbonyl (C=O) groups is 1. The normalized spacial score (nSPS) is 35.8. The Labute approximate surface area is 120 Å². The van der Waals surface area contributed by atoms with E-state index < -0.39 is 0 Å². The molecule has 0 spiro atoms. The molecule has 2 heterocycles. The monoisotopic (exact) mass is 275 g/mol. The third kappa shape index (κ3) is 1.90. The number of nitrogen functional groups attached to an aromatic ring is 1. The molecule has 1 aromatic carbocycles. The molecule has 20 heavy (non-hydrogen) atoms. The SMILES string of the molecule is COC(=O)C1CC2CCC(C1)[N+]2(C)c1ccc(N)cc1. The Morgan fingerprint density at radius 2 is 1.75 bits per heavy atom. The lowest BCUT2D eigenvalue weighted by Gasteiger charge is -2.46. The van der Waals surface area contributed by atoms with Gasteiger partial charge in [0, 0.05) is 43.5 Å². The van der Waals surface area contributed by atoms with E-state index in [1.165, 1.54) is 25.6 Å². The van der Waals surface area contributed by atoms with Crippen molar-refractivity contribution in [2.24, 2.45) is 5.92 Å². The van der Waals surface area contributed by atoms with Gasteiger partial charge in [-0.15, -0.1) is 0 Å². The first kappa shape index (κ1) is 13.4. The summed E-state index contributed by atoms with van der Waals surface area (Å²) in [6.45, 7) is 0. The van der Waals surface area contributed by atoms with Gasteiger partial charge in [-0.3, -0.25) is 9.28 Å². The predicted octanol–water partition coefficient (Wildman–Crippen LogP) is 2.32. The number of benzene rings is 1. The zero-order valence-electron chi connectivity index (χ0n) is 12.2. The standard InChI is InChI=1S/C16H23N2O2/c1-18(13-5-3-12(17)4-6-13)14-7-8-15(18)10-11(9-14)16(19)20-2/h3-6,11,14-15H,7-10,17H2,1-2H3/q+1. The van der Waals surface area contributed by atoms with Gasteiger partial charge in [-0.2, -0.15) is 0 Å². The predicted molar refractivity (Wildman–Crippen MR) is 80.1 cm³/mol. The number of hydrogen-bond acceptors (Lipinski definition) is 3. The summed E-state index contributed by atoms with van der Waals surface area (Å²) in [7, 11) is 3.80. The Hall–Kier alpha value is -1.55. The second kappa shape index (κ2) is 4.77. The van der Waals surface area contributed by atoms with Crippen molar-refractivity contribution in [3.63, 3.8) is 0 Å². The number of anilines is 1. The maximum atomic E-state index is 11.8. The average Bonchev–Trinajstić information content (AvgIpc) is 2.66. The fourth-order valence-electron chi connectivity index (χ4n) is 4.22. The average molecular weight is 275 g/mol. The molecule has 2 unspecified atom stereocenters. The van der Waals surface area contributed by atoms with Gasteiger partial charge in [0.1, 0.15) is 5.69 Å². The van der Waals surface area contributed by atoms with Crippen molar-refractivity contribution < 1.29 is 9.53 Å². The molecule has 0 aliphatic carbocycles. The highest BCUT2D eigenvalue weighted by molar-refractivity contribution is 5.73. The number of ether oxygens (including phenoxy) is 1. The summed E-state index contributed by atoms with van der Waals surface area (Å²) in [4.78, 5) is 11.8. The van der Waals surface area contributed by atoms with Gasteiger partial charge in [0.05, 0.1) is 32.2 Å². The summed E-state index contributed by atoms with van der Waals surface area (Å²) in [5, 5.41) is 0. The lowest BCUT2D eigenvalue weighted by Crippen LogP contribution is -2.59. The van der Waals surface area contributed by atoms with Crippen LogP contribution in [-0.2, 0) is 9.53 Å². The molecule has 2 saturated heterocycles. The molecule has 2 aliphatic rings. The molecule has 2 bridgehead atoms. The van der Waals surface area contributed by atoms with Crippen LogP contribution in [0.1, 0.15) is 25.7 Å². The van der Waals surface area contributed by atoms with E-state index in [4.69, 9.17) is 10.5 Å². The van der Waals surface area contributed by atoms with Crippen LogP contribution in [0, 0.1) is 5.92 Å². The molecule has 4 nitrogen and oxygen atoms in total. The van der Waals surface area contributed by atoms with Crippen molar-refractivity contribution in [1.29, 1.82) is 0 Å². The van der Waals surface area contributed by atoms with Crippen LogP contribution in [0.2, 0.25) is 0 Å². The second-order valence-electron chi connectivity index (χ2n) is 6.32. The summed E-state index contributed by atoms with van der Waals surface area (Å²) in [5.74, 6) is 0.0444. The summed E-state index contributed by atoms with van der Waals surface area (Å²) in [6, 6.07) is 9.26. The summed E-state index contributed by atoms with van der Waals surface area (Å²) < 4.78 is 5.89. The van der Waals surface area contributed by atoms with Gasteiger partial charge in [-0.05, 0) is 12.1 Å². The second-order valence-corrected chi connectivity index (χ2v) is 6.32. The molecule has 2 aliphatic heterocycles. The molecule has 108 valence electrons. The van der Waals surface area contributed by atoms with Gasteiger partial charge in [0.25, 0.3) is 0 Å². The fraction of sp³-hybridized carbons (Fsp3) is 0.562. The number of methoxy groups -OCH3 is 1. The van der Waals surface area contributed by atoms with Gasteiger partial charge in [0.15, 0.2) is 0 Å². The Balaban J connectivity index is 1.89. The summed E-state index contributed by atoms with van der Waals surface area (Å²) >= 11 is 0. The first-order valence-corrected chi connectivity index (χ1v) is 7.35. The number of fused-ring (bicyclic) bond motifs is 2. The van der Waals surface area contributed by atoms with Crippen molar-refractivity contribution in [2.75, 3.05) is 19.9 Å². The van der Waals surface area contributed by atoms with Gasteiger partial charge in [0.2, 0.25) is 0 Å². The zero-order valence-corrected chi connectivity index (χ0v) is 12.2. The van der Waals surface area contributed by atoms with Gasteiger partial charge < -0.3 is 10.5 Å². The van der Waals surface area contributed by atoms with Crippen LogP contribution in [0.5, 0.6) is 0 Å². The minimum atomic E-state index is -0.0366. The van der Waals surface area contributed by atoms with E-state index in [1.54, 1.807) is 0 Å². The van der Waals surface area contributed by atoms with Crippen LogP contribution in [-0.4, -0.2) is 32.2 Å². The zero-order chi connectivity index (χ0) is 14.3. The largest absolute Gasteiger partial charge is 0.469 e. The van der Waals surface area contributed by atoms with E-state index >= 15 is 0 Å². The minimum Gasteiger partial charge on any atom is -0.469 e. The molecule has 2 atom stereocenters. The topological polar surface area (TPSA) is 52.3 Å². The number of quaternary nitrogens is 1. The summed E-state index contributed by atoms with van der Waals surface area (Å²) in [6.07, 6.45) is 4.26. The lowest BCUT2D eigenvalue weighted by atomic mass is 9.88. The molecule has 4 heteroatoms. The molecule has 0 amide bonds. The first-order chi connectivity index (χ1) is 9.55. The van der Waals surface area contributed by atoms with Crippen LogP contribution in [0.3, 0.4) is 0 Å². The molecule has 2 N–H and O–H groups in total. The number of piperidine rings is 1. The third-order valence-electron chi connectivity index (χ3n) is 5.45. The number of nitrogens with two attached hydrogens (primary N) is 1. The maximum Gasteiger partial charge on any atom is 0.309 e. The fourth-order valence-corrected chi connectivity index (χ4v) is 4.22. The summed E-state index contributed by atoms with van der Waals surface area (Å²) in [5.41, 5.74) is 7.91. The molecular formula is C16H23N2O2+. The molecule has 1 aromatic rings. The third-order valence-corrected chi connectivity index (χ3v) is 5.45.